The molecule has 0 bridgehead atoms. The molecule has 0 atom stereocenters. The molecule has 3 nitrogen and oxygen atoms in total. The second-order valence-corrected chi connectivity index (χ2v) is 3.58. The number of aryl methyl sites for hydroxylation is 1. The van der Waals surface area contributed by atoms with Crippen LogP contribution in [-0.4, -0.2) is 14.5 Å². The topological polar surface area (TPSA) is 30.7 Å². The molecular formula is C10H13N3. The Morgan fingerprint density at radius 3 is 2.77 bits per heavy atom. The van der Waals surface area contributed by atoms with E-state index in [1.54, 1.807) is 6.33 Å². The Balaban J connectivity index is 2.77. The van der Waals surface area contributed by atoms with Gasteiger partial charge in [-0.25, -0.2) is 9.97 Å². The van der Waals surface area contributed by atoms with Crippen molar-refractivity contribution in [2.75, 3.05) is 0 Å². The van der Waals surface area contributed by atoms with Crippen LogP contribution in [0.25, 0.3) is 11.0 Å². The summed E-state index contributed by atoms with van der Waals surface area (Å²) >= 11 is 0. The van der Waals surface area contributed by atoms with Gasteiger partial charge in [0.1, 0.15) is 12.0 Å². The first-order valence-corrected chi connectivity index (χ1v) is 4.46. The fourth-order valence-electron chi connectivity index (χ4n) is 1.56. The van der Waals surface area contributed by atoms with Gasteiger partial charge in [-0.3, -0.25) is 0 Å². The standard InChI is InChI=1S/C10H13N3/c1-7(2)9-8-4-5-13(3)10(8)12-6-11-9/h4-7H,1-3H3. The normalized spacial score (nSPS) is 11.4. The highest BCUT2D eigenvalue weighted by Crippen LogP contribution is 2.21. The number of fused-ring (bicyclic) bond motifs is 1. The molecule has 0 unspecified atom stereocenters. The SMILES string of the molecule is CC(C)c1ncnc2c1ccn2C. The first-order valence-electron chi connectivity index (χ1n) is 4.46. The first kappa shape index (κ1) is 8.23. The Morgan fingerprint density at radius 2 is 2.08 bits per heavy atom. The molecule has 0 saturated carbocycles. The predicted octanol–water partition coefficient (Wildman–Crippen LogP) is 2.09. The van der Waals surface area contributed by atoms with E-state index in [0.29, 0.717) is 5.92 Å². The van der Waals surface area contributed by atoms with E-state index in [4.69, 9.17) is 0 Å². The molecule has 2 aromatic heterocycles. The maximum atomic E-state index is 4.30. The van der Waals surface area contributed by atoms with Gasteiger partial charge in [-0.05, 0) is 12.0 Å². The Kier molecular flexibility index (Phi) is 1.79. The summed E-state index contributed by atoms with van der Waals surface area (Å²) in [6.07, 6.45) is 3.66. The average molecular weight is 175 g/mol. The molecule has 2 heterocycles. The van der Waals surface area contributed by atoms with Crippen LogP contribution >= 0.6 is 0 Å². The minimum Gasteiger partial charge on any atom is -0.335 e. The number of aromatic nitrogens is 3. The summed E-state index contributed by atoms with van der Waals surface area (Å²) in [6, 6.07) is 2.07. The van der Waals surface area contributed by atoms with Crippen LogP contribution in [0.3, 0.4) is 0 Å². The molecule has 2 rings (SSSR count). The van der Waals surface area contributed by atoms with Crippen molar-refractivity contribution in [1.82, 2.24) is 14.5 Å². The molecule has 0 saturated heterocycles. The van der Waals surface area contributed by atoms with Crippen LogP contribution < -0.4 is 0 Å². The fourth-order valence-corrected chi connectivity index (χ4v) is 1.56. The van der Waals surface area contributed by atoms with Crippen LogP contribution in [0.4, 0.5) is 0 Å². The van der Waals surface area contributed by atoms with Gasteiger partial charge in [0.15, 0.2) is 0 Å². The van der Waals surface area contributed by atoms with Crippen LogP contribution in [0.1, 0.15) is 25.5 Å². The zero-order chi connectivity index (χ0) is 9.42. The van der Waals surface area contributed by atoms with Crippen LogP contribution in [0, 0.1) is 0 Å². The molecule has 0 fully saturated rings. The maximum Gasteiger partial charge on any atom is 0.143 e. The average Bonchev–Trinajstić information content (AvgIpc) is 2.48. The molecular weight excluding hydrogens is 162 g/mol. The monoisotopic (exact) mass is 175 g/mol. The summed E-state index contributed by atoms with van der Waals surface area (Å²) in [5.74, 6) is 0.452. The third-order valence-electron chi connectivity index (χ3n) is 2.24. The Labute approximate surface area is 77.4 Å². The van der Waals surface area contributed by atoms with Gasteiger partial charge in [0.05, 0.1) is 5.69 Å². The van der Waals surface area contributed by atoms with Gasteiger partial charge in [0.25, 0.3) is 0 Å². The van der Waals surface area contributed by atoms with Crippen LogP contribution in [-0.2, 0) is 7.05 Å². The van der Waals surface area contributed by atoms with Crippen molar-refractivity contribution in [3.8, 4) is 0 Å². The van der Waals surface area contributed by atoms with Gasteiger partial charge in [0, 0.05) is 18.6 Å². The molecule has 0 aliphatic carbocycles. The number of hydrogen-bond donors (Lipinski definition) is 0. The summed E-state index contributed by atoms with van der Waals surface area (Å²) in [5, 5.41) is 1.17. The molecule has 68 valence electrons. The highest BCUT2D eigenvalue weighted by atomic mass is 15.0. The van der Waals surface area contributed by atoms with Crippen LogP contribution in [0.15, 0.2) is 18.6 Å². The van der Waals surface area contributed by atoms with Crippen molar-refractivity contribution in [3.63, 3.8) is 0 Å². The lowest BCUT2D eigenvalue weighted by Crippen LogP contribution is -1.96. The van der Waals surface area contributed by atoms with E-state index < -0.39 is 0 Å². The summed E-state index contributed by atoms with van der Waals surface area (Å²) in [6.45, 7) is 4.30. The van der Waals surface area contributed by atoms with Crippen LogP contribution in [0.2, 0.25) is 0 Å². The smallest absolute Gasteiger partial charge is 0.143 e. The van der Waals surface area contributed by atoms with E-state index in [0.717, 1.165) is 11.3 Å². The maximum absolute atomic E-state index is 4.30. The molecule has 0 aliphatic rings. The van der Waals surface area contributed by atoms with E-state index >= 15 is 0 Å². The first-order chi connectivity index (χ1) is 6.20. The summed E-state index contributed by atoms with van der Waals surface area (Å²) in [4.78, 5) is 8.53. The van der Waals surface area contributed by atoms with Crippen molar-refractivity contribution in [2.24, 2.45) is 7.05 Å². The lowest BCUT2D eigenvalue weighted by Gasteiger charge is -2.04. The zero-order valence-corrected chi connectivity index (χ0v) is 8.15. The van der Waals surface area contributed by atoms with E-state index in [2.05, 4.69) is 29.9 Å². The molecule has 0 spiro atoms. The quantitative estimate of drug-likeness (QED) is 0.664. The summed E-state index contributed by atoms with van der Waals surface area (Å²) < 4.78 is 2.02. The number of rotatable bonds is 1. The Bertz CT molecular complexity index is 429. The van der Waals surface area contributed by atoms with E-state index in [9.17, 15) is 0 Å². The highest BCUT2D eigenvalue weighted by molar-refractivity contribution is 5.78. The molecule has 0 aromatic carbocycles. The molecule has 13 heavy (non-hydrogen) atoms. The largest absolute Gasteiger partial charge is 0.335 e. The Hall–Kier alpha value is -1.38. The Morgan fingerprint density at radius 1 is 1.31 bits per heavy atom. The molecule has 0 N–H and O–H groups in total. The third kappa shape index (κ3) is 1.20. The molecule has 0 amide bonds. The number of hydrogen-bond acceptors (Lipinski definition) is 2. The molecule has 0 aliphatic heterocycles. The lowest BCUT2D eigenvalue weighted by molar-refractivity contribution is 0.825. The van der Waals surface area contributed by atoms with Crippen molar-refractivity contribution in [2.45, 2.75) is 19.8 Å². The molecule has 2 aromatic rings. The van der Waals surface area contributed by atoms with E-state index in [1.165, 1.54) is 5.39 Å². The van der Waals surface area contributed by atoms with Gasteiger partial charge in [-0.15, -0.1) is 0 Å². The number of nitrogens with zero attached hydrogens (tertiary/aromatic N) is 3. The second kappa shape index (κ2) is 2.83. The van der Waals surface area contributed by atoms with Crippen molar-refractivity contribution >= 4 is 11.0 Å². The second-order valence-electron chi connectivity index (χ2n) is 3.58. The van der Waals surface area contributed by atoms with Gasteiger partial charge in [-0.1, -0.05) is 13.8 Å². The zero-order valence-electron chi connectivity index (χ0n) is 8.15. The minimum absolute atomic E-state index is 0.452. The van der Waals surface area contributed by atoms with Crippen molar-refractivity contribution < 1.29 is 0 Å². The molecule has 3 heteroatoms. The van der Waals surface area contributed by atoms with Gasteiger partial charge in [-0.2, -0.15) is 0 Å². The molecule has 0 radical (unpaired) electrons. The highest BCUT2D eigenvalue weighted by Gasteiger charge is 2.08. The van der Waals surface area contributed by atoms with Crippen LogP contribution in [0.5, 0.6) is 0 Å². The van der Waals surface area contributed by atoms with Gasteiger partial charge < -0.3 is 4.57 Å². The van der Waals surface area contributed by atoms with Crippen molar-refractivity contribution in [3.05, 3.63) is 24.3 Å². The summed E-state index contributed by atoms with van der Waals surface area (Å²) in [7, 11) is 2.00. The fraction of sp³-hybridized carbons (Fsp3) is 0.400. The lowest BCUT2D eigenvalue weighted by atomic mass is 10.1. The summed E-state index contributed by atoms with van der Waals surface area (Å²) in [5.41, 5.74) is 2.14. The van der Waals surface area contributed by atoms with E-state index in [1.807, 2.05) is 17.8 Å². The third-order valence-corrected chi connectivity index (χ3v) is 2.24. The predicted molar refractivity (Wildman–Crippen MR) is 52.6 cm³/mol. The van der Waals surface area contributed by atoms with Gasteiger partial charge in [0.2, 0.25) is 0 Å². The van der Waals surface area contributed by atoms with E-state index in [-0.39, 0.29) is 0 Å². The van der Waals surface area contributed by atoms with Gasteiger partial charge >= 0.3 is 0 Å². The minimum atomic E-state index is 0.452. The van der Waals surface area contributed by atoms with Crippen molar-refractivity contribution in [1.29, 1.82) is 0 Å².